The van der Waals surface area contributed by atoms with Crippen LogP contribution in [-0.4, -0.2) is 9.78 Å². The van der Waals surface area contributed by atoms with E-state index in [1.54, 1.807) is 16.9 Å². The van der Waals surface area contributed by atoms with Crippen LogP contribution in [0.15, 0.2) is 35.1 Å². The molecule has 0 saturated heterocycles. The lowest BCUT2D eigenvalue weighted by Gasteiger charge is -2.04. The van der Waals surface area contributed by atoms with Crippen LogP contribution >= 0.6 is 15.9 Å². The van der Waals surface area contributed by atoms with Gasteiger partial charge in [0.05, 0.1) is 16.4 Å². The molecular formula is C10H8BrFN2. The predicted octanol–water partition coefficient (Wildman–Crippen LogP) is 3.08. The van der Waals surface area contributed by atoms with Crippen LogP contribution in [0.1, 0.15) is 5.56 Å². The lowest BCUT2D eigenvalue weighted by atomic mass is 10.2. The van der Waals surface area contributed by atoms with Gasteiger partial charge in [-0.3, -0.25) is 0 Å². The molecule has 0 atom stereocenters. The number of aryl methyl sites for hydroxylation is 1. The van der Waals surface area contributed by atoms with Gasteiger partial charge < -0.3 is 0 Å². The molecule has 2 aromatic rings. The molecule has 0 spiro atoms. The third-order valence-electron chi connectivity index (χ3n) is 1.96. The maximum atomic E-state index is 12.8. The number of hydrogen-bond donors (Lipinski definition) is 0. The van der Waals surface area contributed by atoms with Gasteiger partial charge in [0, 0.05) is 6.20 Å². The highest BCUT2D eigenvalue weighted by Gasteiger charge is 2.03. The Morgan fingerprint density at radius 3 is 2.79 bits per heavy atom. The molecule has 0 aliphatic carbocycles. The molecule has 0 aliphatic rings. The predicted molar refractivity (Wildman–Crippen MR) is 56.0 cm³/mol. The van der Waals surface area contributed by atoms with Gasteiger partial charge in [-0.25, -0.2) is 9.07 Å². The Balaban J connectivity index is 2.52. The van der Waals surface area contributed by atoms with E-state index in [0.29, 0.717) is 0 Å². The van der Waals surface area contributed by atoms with Crippen LogP contribution in [0.3, 0.4) is 0 Å². The first-order valence-electron chi connectivity index (χ1n) is 4.13. The first-order valence-corrected chi connectivity index (χ1v) is 4.93. The summed E-state index contributed by atoms with van der Waals surface area (Å²) in [4.78, 5) is 0. The van der Waals surface area contributed by atoms with Crippen LogP contribution in [0.4, 0.5) is 4.39 Å². The number of nitrogens with zero attached hydrogens (tertiary/aromatic N) is 2. The van der Waals surface area contributed by atoms with Gasteiger partial charge in [0.2, 0.25) is 0 Å². The van der Waals surface area contributed by atoms with Gasteiger partial charge in [-0.05, 0) is 46.6 Å². The molecule has 0 N–H and O–H groups in total. The Labute approximate surface area is 89.5 Å². The van der Waals surface area contributed by atoms with E-state index < -0.39 is 0 Å². The fraction of sp³-hybridized carbons (Fsp3) is 0.100. The van der Waals surface area contributed by atoms with Gasteiger partial charge in [0.25, 0.3) is 0 Å². The summed E-state index contributed by atoms with van der Waals surface area (Å²) in [5, 5.41) is 4.12. The molecule has 0 amide bonds. The van der Waals surface area contributed by atoms with E-state index in [1.165, 1.54) is 12.1 Å². The van der Waals surface area contributed by atoms with Gasteiger partial charge in [0.15, 0.2) is 0 Å². The van der Waals surface area contributed by atoms with Gasteiger partial charge in [0.1, 0.15) is 5.82 Å². The number of benzene rings is 1. The minimum absolute atomic E-state index is 0.225. The molecule has 0 radical (unpaired) electrons. The maximum absolute atomic E-state index is 12.8. The molecule has 0 unspecified atom stereocenters. The van der Waals surface area contributed by atoms with Crippen molar-refractivity contribution in [3.05, 3.63) is 46.4 Å². The summed E-state index contributed by atoms with van der Waals surface area (Å²) in [6.07, 6.45) is 3.53. The molecule has 0 aliphatic heterocycles. The molecule has 14 heavy (non-hydrogen) atoms. The zero-order valence-electron chi connectivity index (χ0n) is 7.54. The summed E-state index contributed by atoms with van der Waals surface area (Å²) in [6.45, 7) is 1.86. The van der Waals surface area contributed by atoms with Crippen molar-refractivity contribution in [3.63, 3.8) is 0 Å². The van der Waals surface area contributed by atoms with Gasteiger partial charge in [-0.15, -0.1) is 0 Å². The largest absolute Gasteiger partial charge is 0.240 e. The summed E-state index contributed by atoms with van der Waals surface area (Å²) in [5.41, 5.74) is 1.75. The van der Waals surface area contributed by atoms with E-state index in [4.69, 9.17) is 0 Å². The number of halogens is 2. The van der Waals surface area contributed by atoms with Crippen LogP contribution in [0.2, 0.25) is 0 Å². The van der Waals surface area contributed by atoms with Gasteiger partial charge in [-0.2, -0.15) is 5.10 Å². The van der Waals surface area contributed by atoms with E-state index in [9.17, 15) is 4.39 Å². The van der Waals surface area contributed by atoms with Crippen molar-refractivity contribution >= 4 is 15.9 Å². The van der Waals surface area contributed by atoms with Gasteiger partial charge >= 0.3 is 0 Å². The van der Waals surface area contributed by atoms with Crippen molar-refractivity contribution in [2.24, 2.45) is 0 Å². The quantitative estimate of drug-likeness (QED) is 0.765. The van der Waals surface area contributed by atoms with Crippen molar-refractivity contribution in [2.45, 2.75) is 6.92 Å². The third kappa shape index (κ3) is 1.70. The van der Waals surface area contributed by atoms with E-state index in [-0.39, 0.29) is 5.82 Å². The highest BCUT2D eigenvalue weighted by Crippen LogP contribution is 2.16. The molecular weight excluding hydrogens is 247 g/mol. The van der Waals surface area contributed by atoms with Crippen LogP contribution in [0.5, 0.6) is 0 Å². The van der Waals surface area contributed by atoms with Crippen LogP contribution < -0.4 is 0 Å². The Morgan fingerprint density at radius 2 is 2.21 bits per heavy atom. The van der Waals surface area contributed by atoms with Crippen molar-refractivity contribution in [3.8, 4) is 5.69 Å². The van der Waals surface area contributed by atoms with Crippen LogP contribution in [0.25, 0.3) is 5.69 Å². The molecule has 1 heterocycles. The van der Waals surface area contributed by atoms with E-state index in [2.05, 4.69) is 21.0 Å². The lowest BCUT2D eigenvalue weighted by molar-refractivity contribution is 0.625. The summed E-state index contributed by atoms with van der Waals surface area (Å²) < 4.78 is 15.4. The molecule has 1 aromatic carbocycles. The second-order valence-electron chi connectivity index (χ2n) is 3.03. The smallest absolute Gasteiger partial charge is 0.123 e. The van der Waals surface area contributed by atoms with E-state index in [0.717, 1.165) is 15.7 Å². The van der Waals surface area contributed by atoms with Gasteiger partial charge in [-0.1, -0.05) is 0 Å². The van der Waals surface area contributed by atoms with E-state index >= 15 is 0 Å². The fourth-order valence-corrected chi connectivity index (χ4v) is 1.59. The average Bonchev–Trinajstić information content (AvgIpc) is 2.51. The van der Waals surface area contributed by atoms with Crippen LogP contribution in [0, 0.1) is 12.7 Å². The van der Waals surface area contributed by atoms with E-state index in [1.807, 2.05) is 13.1 Å². The third-order valence-corrected chi connectivity index (χ3v) is 2.37. The second kappa shape index (κ2) is 3.53. The first kappa shape index (κ1) is 9.40. The van der Waals surface area contributed by atoms with Crippen molar-refractivity contribution in [2.75, 3.05) is 0 Å². The maximum Gasteiger partial charge on any atom is 0.123 e. The zero-order valence-corrected chi connectivity index (χ0v) is 9.12. The topological polar surface area (TPSA) is 17.8 Å². The average molecular weight is 255 g/mol. The van der Waals surface area contributed by atoms with Crippen molar-refractivity contribution < 1.29 is 4.39 Å². The second-order valence-corrected chi connectivity index (χ2v) is 3.95. The molecule has 0 bridgehead atoms. The molecule has 72 valence electrons. The summed E-state index contributed by atoms with van der Waals surface area (Å²) >= 11 is 3.31. The number of rotatable bonds is 1. The number of aromatic nitrogens is 2. The monoisotopic (exact) mass is 254 g/mol. The van der Waals surface area contributed by atoms with Crippen molar-refractivity contribution in [1.82, 2.24) is 9.78 Å². The fourth-order valence-electron chi connectivity index (χ4n) is 1.31. The highest BCUT2D eigenvalue weighted by molar-refractivity contribution is 9.10. The zero-order chi connectivity index (χ0) is 10.1. The Hall–Kier alpha value is -1.16. The lowest BCUT2D eigenvalue weighted by Crippen LogP contribution is -1.97. The minimum atomic E-state index is -0.225. The number of hydrogen-bond acceptors (Lipinski definition) is 1. The first-order chi connectivity index (χ1) is 6.66. The summed E-state index contributed by atoms with van der Waals surface area (Å²) in [6, 6.07) is 4.63. The molecule has 2 rings (SSSR count). The molecule has 0 saturated carbocycles. The molecule has 0 fully saturated rings. The molecule has 1 aromatic heterocycles. The van der Waals surface area contributed by atoms with Crippen molar-refractivity contribution in [1.29, 1.82) is 0 Å². The molecule has 4 heteroatoms. The van der Waals surface area contributed by atoms with Crippen LogP contribution in [-0.2, 0) is 0 Å². The Bertz CT molecular complexity index is 465. The summed E-state index contributed by atoms with van der Waals surface area (Å²) in [5.74, 6) is -0.225. The SMILES string of the molecule is Cc1cc(F)ccc1-n1cc(Br)cn1. The Morgan fingerprint density at radius 1 is 1.43 bits per heavy atom. The summed E-state index contributed by atoms with van der Waals surface area (Å²) in [7, 11) is 0. The standard InChI is InChI=1S/C10H8BrFN2/c1-7-4-9(12)2-3-10(7)14-6-8(11)5-13-14/h2-6H,1H3. The normalized spacial score (nSPS) is 10.5. The minimum Gasteiger partial charge on any atom is -0.240 e. The Kier molecular flexibility index (Phi) is 2.37. The molecule has 2 nitrogen and oxygen atoms in total. The highest BCUT2D eigenvalue weighted by atomic mass is 79.9.